The van der Waals surface area contributed by atoms with Gasteiger partial charge >= 0.3 is 0 Å². The van der Waals surface area contributed by atoms with Crippen molar-refractivity contribution in [3.63, 3.8) is 0 Å². The summed E-state index contributed by atoms with van der Waals surface area (Å²) in [5.41, 5.74) is 0.804. The average molecular weight is 329 g/mol. The Morgan fingerprint density at radius 2 is 1.85 bits per heavy atom. The van der Waals surface area contributed by atoms with E-state index < -0.39 is 0 Å². The van der Waals surface area contributed by atoms with Crippen molar-refractivity contribution in [3.8, 4) is 0 Å². The summed E-state index contributed by atoms with van der Waals surface area (Å²) >= 11 is 12.9. The van der Waals surface area contributed by atoms with Crippen molar-refractivity contribution >= 4 is 40.7 Å². The van der Waals surface area contributed by atoms with Gasteiger partial charge in [-0.1, -0.05) is 41.4 Å². The summed E-state index contributed by atoms with van der Waals surface area (Å²) in [6.07, 6.45) is 0.262. The molecular weight excluding hydrogens is 318 g/mol. The second kappa shape index (κ2) is 7.11. The molecule has 0 aliphatic carbocycles. The van der Waals surface area contributed by atoms with Crippen molar-refractivity contribution in [2.45, 2.75) is 11.3 Å². The van der Waals surface area contributed by atoms with E-state index in [4.69, 9.17) is 23.2 Å². The summed E-state index contributed by atoms with van der Waals surface area (Å²) in [5.74, 6) is -0.0715. The van der Waals surface area contributed by atoms with Crippen molar-refractivity contribution in [1.82, 2.24) is 0 Å². The first-order valence-electron chi connectivity index (χ1n) is 5.89. The highest BCUT2D eigenvalue weighted by molar-refractivity contribution is 8.00. The predicted molar refractivity (Wildman–Crippen MR) is 82.3 cm³/mol. The van der Waals surface area contributed by atoms with Crippen LogP contribution in [0.1, 0.15) is 5.56 Å². The fourth-order valence-corrected chi connectivity index (χ4v) is 2.77. The van der Waals surface area contributed by atoms with Gasteiger partial charge in [-0.05, 0) is 29.8 Å². The molecule has 0 bridgehead atoms. The van der Waals surface area contributed by atoms with E-state index in [1.807, 2.05) is 0 Å². The van der Waals surface area contributed by atoms with Gasteiger partial charge in [-0.3, -0.25) is 4.79 Å². The number of carbonyl (C=O) groups excluding carboxylic acids is 1. The van der Waals surface area contributed by atoms with Gasteiger partial charge in [0, 0.05) is 11.3 Å². The second-order valence-corrected chi connectivity index (χ2v) is 6.01. The molecule has 5 heteroatoms. The molecule has 104 valence electrons. The molecule has 2 aromatic carbocycles. The van der Waals surface area contributed by atoms with E-state index >= 15 is 0 Å². The van der Waals surface area contributed by atoms with Crippen molar-refractivity contribution in [1.29, 1.82) is 0 Å². The number of thioether (sulfide) groups is 1. The molecule has 0 atom stereocenters. The van der Waals surface area contributed by atoms with E-state index in [2.05, 4.69) is 0 Å². The van der Waals surface area contributed by atoms with Gasteiger partial charge in [-0.2, -0.15) is 0 Å². The van der Waals surface area contributed by atoms with E-state index in [-0.39, 0.29) is 23.8 Å². The minimum atomic E-state index is -0.306. The number of benzene rings is 2. The molecule has 0 amide bonds. The van der Waals surface area contributed by atoms with Crippen LogP contribution in [0, 0.1) is 5.82 Å². The smallest absolute Gasteiger partial charge is 0.147 e. The Balaban J connectivity index is 1.93. The molecule has 0 fully saturated rings. The number of ketones is 1. The van der Waals surface area contributed by atoms with E-state index in [1.54, 1.807) is 36.4 Å². The highest BCUT2D eigenvalue weighted by Crippen LogP contribution is 2.24. The topological polar surface area (TPSA) is 17.1 Å². The summed E-state index contributed by atoms with van der Waals surface area (Å²) < 4.78 is 13.4. The summed E-state index contributed by atoms with van der Waals surface area (Å²) in [7, 11) is 0. The van der Waals surface area contributed by atoms with E-state index in [0.717, 1.165) is 5.56 Å². The quantitative estimate of drug-likeness (QED) is 0.715. The largest absolute Gasteiger partial charge is 0.298 e. The molecule has 0 spiro atoms. The van der Waals surface area contributed by atoms with Crippen LogP contribution in [0.4, 0.5) is 4.39 Å². The number of halogens is 3. The predicted octanol–water partition coefficient (Wildman–Crippen LogP) is 5.04. The van der Waals surface area contributed by atoms with Crippen LogP contribution in [0.2, 0.25) is 10.0 Å². The van der Waals surface area contributed by atoms with Gasteiger partial charge in [0.25, 0.3) is 0 Å². The Labute approximate surface area is 131 Å². The van der Waals surface area contributed by atoms with Gasteiger partial charge < -0.3 is 0 Å². The van der Waals surface area contributed by atoms with Gasteiger partial charge in [0.05, 0.1) is 15.8 Å². The first-order valence-corrected chi connectivity index (χ1v) is 7.63. The van der Waals surface area contributed by atoms with Gasteiger partial charge in [0.2, 0.25) is 0 Å². The molecule has 0 saturated carbocycles. The molecular formula is C15H11Cl2FOS. The van der Waals surface area contributed by atoms with Crippen molar-refractivity contribution in [3.05, 3.63) is 63.9 Å². The lowest BCUT2D eigenvalue weighted by atomic mass is 10.1. The summed E-state index contributed by atoms with van der Waals surface area (Å²) in [6.45, 7) is 0. The molecule has 0 radical (unpaired) electrons. The average Bonchev–Trinajstić information content (AvgIpc) is 2.42. The van der Waals surface area contributed by atoms with Crippen LogP contribution in [-0.2, 0) is 11.2 Å². The van der Waals surface area contributed by atoms with Crippen molar-refractivity contribution in [2.75, 3.05) is 5.75 Å². The molecule has 0 saturated heterocycles. The zero-order valence-corrected chi connectivity index (χ0v) is 12.7. The molecule has 0 aliphatic rings. The molecule has 0 N–H and O–H groups in total. The highest BCUT2D eigenvalue weighted by atomic mass is 35.5. The summed E-state index contributed by atoms with van der Waals surface area (Å²) in [4.78, 5) is 12.4. The third-order valence-electron chi connectivity index (χ3n) is 2.61. The Morgan fingerprint density at radius 3 is 2.55 bits per heavy atom. The number of hydrogen-bond donors (Lipinski definition) is 0. The molecule has 20 heavy (non-hydrogen) atoms. The zero-order valence-electron chi connectivity index (χ0n) is 10.4. The maximum Gasteiger partial charge on any atom is 0.147 e. The van der Waals surface area contributed by atoms with Crippen molar-refractivity contribution in [2.24, 2.45) is 0 Å². The monoisotopic (exact) mass is 328 g/mol. The highest BCUT2D eigenvalue weighted by Gasteiger charge is 2.08. The Morgan fingerprint density at radius 1 is 1.10 bits per heavy atom. The minimum Gasteiger partial charge on any atom is -0.298 e. The molecule has 0 unspecified atom stereocenters. The maximum absolute atomic E-state index is 13.4. The third kappa shape index (κ3) is 4.23. The lowest BCUT2D eigenvalue weighted by Gasteiger charge is -2.04. The molecule has 0 aromatic heterocycles. The molecule has 2 aromatic rings. The van der Waals surface area contributed by atoms with Crippen molar-refractivity contribution < 1.29 is 9.18 Å². The molecule has 1 nitrogen and oxygen atoms in total. The van der Waals surface area contributed by atoms with Crippen LogP contribution in [-0.4, -0.2) is 11.5 Å². The Kier molecular flexibility index (Phi) is 5.46. The first-order chi connectivity index (χ1) is 9.56. The van der Waals surface area contributed by atoms with Crippen LogP contribution in [0.25, 0.3) is 0 Å². The number of hydrogen-bond acceptors (Lipinski definition) is 2. The first kappa shape index (κ1) is 15.4. The van der Waals surface area contributed by atoms with Gasteiger partial charge in [-0.25, -0.2) is 4.39 Å². The second-order valence-electron chi connectivity index (χ2n) is 4.18. The van der Waals surface area contributed by atoms with Crippen LogP contribution >= 0.6 is 35.0 Å². The fraction of sp³-hybridized carbons (Fsp3) is 0.133. The Bertz CT molecular complexity index is 631. The molecule has 2 rings (SSSR count). The molecule has 0 heterocycles. The van der Waals surface area contributed by atoms with E-state index in [0.29, 0.717) is 14.9 Å². The number of Topliss-reactive ketones (excluding diaryl/α,β-unsaturated/α-hetero) is 1. The zero-order chi connectivity index (χ0) is 14.5. The SMILES string of the molecule is O=C(CSc1ccccc1F)Cc1ccc(Cl)c(Cl)c1. The Hall–Kier alpha value is -1.03. The lowest BCUT2D eigenvalue weighted by molar-refractivity contribution is -0.116. The number of rotatable bonds is 5. The van der Waals surface area contributed by atoms with Crippen LogP contribution in [0.5, 0.6) is 0 Å². The standard InChI is InChI=1S/C15H11Cl2FOS/c16-12-6-5-10(8-13(12)17)7-11(19)9-20-15-4-2-1-3-14(15)18/h1-6,8H,7,9H2. The fourth-order valence-electron chi connectivity index (χ4n) is 1.65. The minimum absolute atomic E-state index is 0.0108. The van der Waals surface area contributed by atoms with E-state index in [1.165, 1.54) is 17.8 Å². The van der Waals surface area contributed by atoms with Gasteiger partial charge in [0.1, 0.15) is 11.6 Å². The summed E-state index contributed by atoms with van der Waals surface area (Å²) in [5, 5.41) is 0.891. The van der Waals surface area contributed by atoms with Crippen LogP contribution in [0.15, 0.2) is 47.4 Å². The maximum atomic E-state index is 13.4. The van der Waals surface area contributed by atoms with E-state index in [9.17, 15) is 9.18 Å². The molecule has 0 aliphatic heterocycles. The summed E-state index contributed by atoms with van der Waals surface area (Å²) in [6, 6.07) is 11.5. The lowest BCUT2D eigenvalue weighted by Crippen LogP contribution is -2.05. The number of carbonyl (C=O) groups is 1. The van der Waals surface area contributed by atoms with Gasteiger partial charge in [-0.15, -0.1) is 11.8 Å². The third-order valence-corrected chi connectivity index (χ3v) is 4.46. The van der Waals surface area contributed by atoms with Gasteiger partial charge in [0.15, 0.2) is 0 Å². The normalized spacial score (nSPS) is 10.6. The van der Waals surface area contributed by atoms with Crippen LogP contribution < -0.4 is 0 Å². The van der Waals surface area contributed by atoms with Crippen LogP contribution in [0.3, 0.4) is 0 Å².